The molecule has 56 heavy (non-hydrogen) atoms. The van der Waals surface area contributed by atoms with E-state index in [0.29, 0.717) is 32.9 Å². The van der Waals surface area contributed by atoms with Crippen LogP contribution in [0.1, 0.15) is 22.3 Å². The summed E-state index contributed by atoms with van der Waals surface area (Å²) in [4.78, 5) is 9.30. The highest BCUT2D eigenvalue weighted by Gasteiger charge is 2.32. The van der Waals surface area contributed by atoms with Gasteiger partial charge in [0.2, 0.25) is 0 Å². The van der Waals surface area contributed by atoms with Crippen molar-refractivity contribution in [2.24, 2.45) is 0 Å². The molecule has 0 bridgehead atoms. The van der Waals surface area contributed by atoms with Crippen LogP contribution in [-0.4, -0.2) is 19.1 Å². The van der Waals surface area contributed by atoms with E-state index in [-0.39, 0.29) is 22.3 Å². The normalized spacial score (nSPS) is 12.1. The van der Waals surface area contributed by atoms with Gasteiger partial charge in [-0.25, -0.2) is 0 Å². The SMILES string of the molecule is N#Cc1cc(-c2ccc3c(c2)c2ncccc2n3-c2cccc(-n3c4ccc(-c5cc(C#N)cc(C(F)(F)F)c5)cc4c4ncccc43)c2)cc(C(F)(F)F)c1. The number of alkyl halides is 6. The van der Waals surface area contributed by atoms with Gasteiger partial charge in [-0.05, 0) is 125 Å². The number of nitrogens with zero attached hydrogens (tertiary/aromatic N) is 6. The minimum atomic E-state index is -4.63. The van der Waals surface area contributed by atoms with Gasteiger partial charge in [0.15, 0.2) is 0 Å². The maximum atomic E-state index is 13.8. The zero-order chi connectivity index (χ0) is 38.9. The standard InChI is InChI=1S/C44H22F6N6/c45-43(46,47)31-16-25(23-51)14-29(18-31)27-8-10-37-35(20-27)41-39(6-2-12-53-41)55(37)33-4-1-5-34(22-33)56-38-11-9-28(21-36(38)42-40(56)7-3-13-54-42)30-15-26(24-52)17-32(19-30)44(48,49)50/h1-22H. The summed E-state index contributed by atoms with van der Waals surface area (Å²) in [6, 6.07) is 36.0. The first-order valence-electron chi connectivity index (χ1n) is 17.1. The van der Waals surface area contributed by atoms with E-state index < -0.39 is 23.5 Å². The zero-order valence-electron chi connectivity index (χ0n) is 28.7. The van der Waals surface area contributed by atoms with E-state index in [2.05, 4.69) is 9.97 Å². The molecule has 0 aliphatic heterocycles. The third-order valence-corrected chi connectivity index (χ3v) is 9.83. The molecule has 4 heterocycles. The number of fused-ring (bicyclic) bond motifs is 6. The average Bonchev–Trinajstić information content (AvgIpc) is 3.72. The molecule has 0 aliphatic carbocycles. The van der Waals surface area contributed by atoms with Gasteiger partial charge in [0.1, 0.15) is 0 Å². The van der Waals surface area contributed by atoms with Crippen LogP contribution in [0.2, 0.25) is 0 Å². The van der Waals surface area contributed by atoms with Crippen molar-refractivity contribution in [1.82, 2.24) is 19.1 Å². The third kappa shape index (κ3) is 5.67. The fourth-order valence-corrected chi connectivity index (χ4v) is 7.40. The summed E-state index contributed by atoms with van der Waals surface area (Å²) >= 11 is 0. The number of halogens is 6. The first kappa shape index (κ1) is 34.3. The monoisotopic (exact) mass is 748 g/mol. The molecule has 0 aliphatic rings. The van der Waals surface area contributed by atoms with Gasteiger partial charge in [0.05, 0.1) is 67.5 Å². The lowest BCUT2D eigenvalue weighted by atomic mass is 9.98. The summed E-state index contributed by atoms with van der Waals surface area (Å²) in [7, 11) is 0. The Balaban J connectivity index is 1.20. The topological polar surface area (TPSA) is 83.2 Å². The van der Waals surface area contributed by atoms with Gasteiger partial charge in [-0.1, -0.05) is 18.2 Å². The molecule has 4 aromatic heterocycles. The molecule has 0 radical (unpaired) electrons. The Kier molecular flexibility index (Phi) is 7.71. The Hall–Kier alpha value is -7.44. The molecule has 0 unspecified atom stereocenters. The molecule has 0 saturated carbocycles. The summed E-state index contributed by atoms with van der Waals surface area (Å²) in [5, 5.41) is 20.4. The minimum absolute atomic E-state index is 0.104. The summed E-state index contributed by atoms with van der Waals surface area (Å²) < 4.78 is 86.5. The van der Waals surface area contributed by atoms with Gasteiger partial charge in [0, 0.05) is 34.5 Å². The van der Waals surface area contributed by atoms with Crippen LogP contribution in [0.5, 0.6) is 0 Å². The van der Waals surface area contributed by atoms with E-state index in [1.807, 2.05) is 69.8 Å². The molecule has 270 valence electrons. The van der Waals surface area contributed by atoms with Crippen molar-refractivity contribution in [3.63, 3.8) is 0 Å². The van der Waals surface area contributed by atoms with Crippen molar-refractivity contribution >= 4 is 43.9 Å². The number of hydrogen-bond acceptors (Lipinski definition) is 4. The average molecular weight is 749 g/mol. The van der Waals surface area contributed by atoms with Gasteiger partial charge < -0.3 is 9.13 Å². The maximum Gasteiger partial charge on any atom is 0.416 e. The van der Waals surface area contributed by atoms with E-state index in [1.54, 1.807) is 48.8 Å². The van der Waals surface area contributed by atoms with Gasteiger partial charge >= 0.3 is 12.4 Å². The molecule has 12 heteroatoms. The van der Waals surface area contributed by atoms with Crippen LogP contribution in [0.3, 0.4) is 0 Å². The van der Waals surface area contributed by atoms with E-state index in [0.717, 1.165) is 57.7 Å². The summed E-state index contributed by atoms with van der Waals surface area (Å²) in [5.41, 5.74) is 5.23. The van der Waals surface area contributed by atoms with Crippen LogP contribution in [0.25, 0.3) is 77.5 Å². The molecule has 9 rings (SSSR count). The van der Waals surface area contributed by atoms with Crippen molar-refractivity contribution in [3.8, 4) is 45.8 Å². The maximum absolute atomic E-state index is 13.8. The number of aromatic nitrogens is 4. The quantitative estimate of drug-likeness (QED) is 0.168. The Morgan fingerprint density at radius 2 is 0.893 bits per heavy atom. The molecule has 9 aromatic rings. The number of pyridine rings is 2. The fourth-order valence-electron chi connectivity index (χ4n) is 7.40. The lowest BCUT2D eigenvalue weighted by Gasteiger charge is -2.13. The Bertz CT molecular complexity index is 2950. The molecular formula is C44H22F6N6. The van der Waals surface area contributed by atoms with Gasteiger partial charge in [-0.3, -0.25) is 9.97 Å². The van der Waals surface area contributed by atoms with Crippen LogP contribution in [0.4, 0.5) is 26.3 Å². The molecule has 0 N–H and O–H groups in total. The van der Waals surface area contributed by atoms with Crippen LogP contribution >= 0.6 is 0 Å². The largest absolute Gasteiger partial charge is 0.416 e. The second-order valence-corrected chi connectivity index (χ2v) is 13.2. The lowest BCUT2D eigenvalue weighted by Crippen LogP contribution is -2.05. The van der Waals surface area contributed by atoms with Crippen LogP contribution < -0.4 is 0 Å². The van der Waals surface area contributed by atoms with Crippen LogP contribution in [0.15, 0.2) is 134 Å². The smallest absolute Gasteiger partial charge is 0.308 e. The van der Waals surface area contributed by atoms with Crippen LogP contribution in [0, 0.1) is 22.7 Å². The molecule has 0 amide bonds. The number of hydrogen-bond donors (Lipinski definition) is 0. The second kappa shape index (κ2) is 12.6. The number of benzene rings is 5. The number of rotatable bonds is 4. The first-order chi connectivity index (χ1) is 26.9. The fraction of sp³-hybridized carbons (Fsp3) is 0.0455. The predicted octanol–water partition coefficient (Wildman–Crippen LogP) is 11.8. The molecule has 0 saturated heterocycles. The van der Waals surface area contributed by atoms with Gasteiger partial charge in [0.25, 0.3) is 0 Å². The Morgan fingerprint density at radius 3 is 1.30 bits per heavy atom. The van der Waals surface area contributed by atoms with Crippen molar-refractivity contribution in [1.29, 1.82) is 10.5 Å². The van der Waals surface area contributed by atoms with Gasteiger partial charge in [-0.15, -0.1) is 0 Å². The van der Waals surface area contributed by atoms with Crippen LogP contribution in [-0.2, 0) is 12.4 Å². The highest BCUT2D eigenvalue weighted by Crippen LogP contribution is 2.40. The van der Waals surface area contributed by atoms with Crippen molar-refractivity contribution < 1.29 is 26.3 Å². The van der Waals surface area contributed by atoms with E-state index >= 15 is 0 Å². The van der Waals surface area contributed by atoms with Crippen molar-refractivity contribution in [2.75, 3.05) is 0 Å². The molecule has 0 atom stereocenters. The predicted molar refractivity (Wildman–Crippen MR) is 201 cm³/mol. The second-order valence-electron chi connectivity index (χ2n) is 13.2. The molecule has 5 aromatic carbocycles. The Labute approximate surface area is 313 Å². The molecule has 6 nitrogen and oxygen atoms in total. The molecular weight excluding hydrogens is 727 g/mol. The van der Waals surface area contributed by atoms with E-state index in [4.69, 9.17) is 0 Å². The summed E-state index contributed by atoms with van der Waals surface area (Å²) in [6.07, 6.45) is -5.97. The van der Waals surface area contributed by atoms with Crippen molar-refractivity contribution in [3.05, 3.63) is 156 Å². The highest BCUT2D eigenvalue weighted by molar-refractivity contribution is 6.10. The van der Waals surface area contributed by atoms with E-state index in [9.17, 15) is 36.9 Å². The molecule has 0 fully saturated rings. The molecule has 0 spiro atoms. The van der Waals surface area contributed by atoms with E-state index in [1.165, 1.54) is 12.1 Å². The highest BCUT2D eigenvalue weighted by atomic mass is 19.4. The zero-order valence-corrected chi connectivity index (χ0v) is 28.7. The third-order valence-electron chi connectivity index (χ3n) is 9.83. The van der Waals surface area contributed by atoms with Crippen molar-refractivity contribution in [2.45, 2.75) is 12.4 Å². The minimum Gasteiger partial charge on any atom is -0.308 e. The Morgan fingerprint density at radius 1 is 0.446 bits per heavy atom. The number of nitriles is 2. The summed E-state index contributed by atoms with van der Waals surface area (Å²) in [6.45, 7) is 0. The first-order valence-corrected chi connectivity index (χ1v) is 17.1. The van der Waals surface area contributed by atoms with Gasteiger partial charge in [-0.2, -0.15) is 36.9 Å². The lowest BCUT2D eigenvalue weighted by molar-refractivity contribution is -0.138. The summed E-state index contributed by atoms with van der Waals surface area (Å²) in [5.74, 6) is 0.